The van der Waals surface area contributed by atoms with Crippen LogP contribution in [-0.4, -0.2) is 82.8 Å². The molecular formula is C18H25NO11S. The normalized spacial score (nSPS) is 28.5. The molecule has 0 bridgehead atoms. The third-order valence-electron chi connectivity index (χ3n) is 4.71. The van der Waals surface area contributed by atoms with Gasteiger partial charge in [0.25, 0.3) is 15.9 Å². The maximum absolute atomic E-state index is 12.2. The van der Waals surface area contributed by atoms with Crippen LogP contribution in [0.4, 0.5) is 0 Å². The lowest BCUT2D eigenvalue weighted by Crippen LogP contribution is -2.61. The first-order valence-corrected chi connectivity index (χ1v) is 10.7. The van der Waals surface area contributed by atoms with Crippen LogP contribution in [0.3, 0.4) is 0 Å². The number of benzene rings is 1. The van der Waals surface area contributed by atoms with Crippen molar-refractivity contribution in [3.05, 3.63) is 30.3 Å². The second kappa shape index (κ2) is 9.99. The van der Waals surface area contributed by atoms with Gasteiger partial charge in [-0.15, -0.1) is 0 Å². The monoisotopic (exact) mass is 463 g/mol. The molecule has 0 spiro atoms. The van der Waals surface area contributed by atoms with Gasteiger partial charge in [0.05, 0.1) is 35.7 Å². The topological polar surface area (TPSA) is 200 Å². The van der Waals surface area contributed by atoms with Crippen molar-refractivity contribution in [3.63, 3.8) is 0 Å². The standard InChI is InChI=1S/C18H25NO11S/c1-10(20)19-16(23)15-13(22)8-18(26,17(24)25)30-14(15)7-11(21)9-29-31(27,28)12-5-3-2-4-6-12/h2-6,11,13-16,21-23,26H,7-9H2,1H3,(H,19,20)(H,24,25)/t11-,13-,14-,15-,16-,18-/m0/s1. The van der Waals surface area contributed by atoms with Gasteiger partial charge in [0, 0.05) is 19.8 Å². The number of carboxylic acid groups (broad SMARTS) is 1. The molecule has 2 rings (SSSR count). The van der Waals surface area contributed by atoms with Crippen molar-refractivity contribution in [2.75, 3.05) is 6.61 Å². The summed E-state index contributed by atoms with van der Waals surface area (Å²) < 4.78 is 34.2. The van der Waals surface area contributed by atoms with Gasteiger partial charge < -0.3 is 35.6 Å². The van der Waals surface area contributed by atoms with Crippen LogP contribution in [0.25, 0.3) is 0 Å². The molecule has 0 saturated carbocycles. The minimum Gasteiger partial charge on any atom is -0.477 e. The van der Waals surface area contributed by atoms with Crippen LogP contribution in [-0.2, 0) is 28.6 Å². The molecule has 1 aliphatic heterocycles. The smallest absolute Gasteiger partial charge is 0.364 e. The summed E-state index contributed by atoms with van der Waals surface area (Å²) in [5, 5.41) is 52.2. The molecule has 0 aliphatic carbocycles. The molecule has 1 aromatic carbocycles. The Hall–Kier alpha value is -2.13. The Bertz CT molecular complexity index is 878. The van der Waals surface area contributed by atoms with Crippen LogP contribution < -0.4 is 5.32 Å². The van der Waals surface area contributed by atoms with Crippen molar-refractivity contribution < 1.29 is 52.5 Å². The van der Waals surface area contributed by atoms with Crippen LogP contribution >= 0.6 is 0 Å². The Morgan fingerprint density at radius 1 is 1.29 bits per heavy atom. The minimum atomic E-state index is -4.19. The molecule has 12 nitrogen and oxygen atoms in total. The van der Waals surface area contributed by atoms with Crippen molar-refractivity contribution in [2.24, 2.45) is 5.92 Å². The summed E-state index contributed by atoms with van der Waals surface area (Å²) in [4.78, 5) is 22.4. The van der Waals surface area contributed by atoms with Gasteiger partial charge in [0.2, 0.25) is 5.91 Å². The van der Waals surface area contributed by atoms with E-state index >= 15 is 0 Å². The number of aliphatic carboxylic acids is 1. The molecule has 6 N–H and O–H groups in total. The Labute approximate surface area is 178 Å². The van der Waals surface area contributed by atoms with E-state index in [9.17, 15) is 43.5 Å². The van der Waals surface area contributed by atoms with Crippen molar-refractivity contribution in [3.8, 4) is 0 Å². The molecule has 1 aromatic rings. The van der Waals surface area contributed by atoms with Crippen molar-refractivity contribution in [1.29, 1.82) is 0 Å². The summed E-state index contributed by atoms with van der Waals surface area (Å²) in [6, 6.07) is 7.13. The maximum Gasteiger partial charge on any atom is 0.364 e. The van der Waals surface area contributed by atoms with E-state index in [1.807, 2.05) is 0 Å². The first-order chi connectivity index (χ1) is 14.4. The molecule has 1 saturated heterocycles. The lowest BCUT2D eigenvalue weighted by Gasteiger charge is -2.44. The summed E-state index contributed by atoms with van der Waals surface area (Å²) in [5.41, 5.74) is 0. The van der Waals surface area contributed by atoms with Crippen LogP contribution in [0.1, 0.15) is 19.8 Å². The number of hydrogen-bond donors (Lipinski definition) is 6. The summed E-state index contributed by atoms with van der Waals surface area (Å²) in [6.45, 7) is 0.348. The van der Waals surface area contributed by atoms with E-state index in [1.165, 1.54) is 24.3 Å². The lowest BCUT2D eigenvalue weighted by molar-refractivity contribution is -0.297. The zero-order valence-corrected chi connectivity index (χ0v) is 17.3. The highest BCUT2D eigenvalue weighted by Gasteiger charge is 2.53. The Morgan fingerprint density at radius 2 is 1.90 bits per heavy atom. The predicted octanol–water partition coefficient (Wildman–Crippen LogP) is -1.86. The number of rotatable bonds is 9. The molecule has 1 fully saturated rings. The molecule has 0 unspecified atom stereocenters. The predicted molar refractivity (Wildman–Crippen MR) is 102 cm³/mol. The number of aliphatic hydroxyl groups is 4. The van der Waals surface area contributed by atoms with Crippen molar-refractivity contribution in [1.82, 2.24) is 5.32 Å². The molecule has 6 atom stereocenters. The van der Waals surface area contributed by atoms with Gasteiger partial charge in [-0.1, -0.05) is 18.2 Å². The van der Waals surface area contributed by atoms with E-state index in [0.717, 1.165) is 6.92 Å². The van der Waals surface area contributed by atoms with Gasteiger partial charge in [0.1, 0.15) is 6.23 Å². The summed E-state index contributed by atoms with van der Waals surface area (Å²) in [6.07, 6.45) is -7.71. The van der Waals surface area contributed by atoms with E-state index < -0.39 is 77.7 Å². The summed E-state index contributed by atoms with van der Waals surface area (Å²) in [7, 11) is -4.19. The van der Waals surface area contributed by atoms with E-state index in [0.29, 0.717) is 0 Å². The average molecular weight is 463 g/mol. The fraction of sp³-hybridized carbons (Fsp3) is 0.556. The largest absolute Gasteiger partial charge is 0.477 e. The van der Waals surface area contributed by atoms with Crippen molar-refractivity contribution in [2.45, 2.75) is 55.0 Å². The number of nitrogens with one attached hydrogen (secondary N) is 1. The zero-order chi connectivity index (χ0) is 23.4. The third kappa shape index (κ3) is 6.43. The highest BCUT2D eigenvalue weighted by Crippen LogP contribution is 2.35. The number of hydrogen-bond acceptors (Lipinski definition) is 10. The SMILES string of the molecule is CC(=O)N[C@@H](O)[C@@H]1[C@H](C[C@H](O)COS(=O)(=O)c2ccccc2)O[C@](O)(C(=O)O)C[C@@H]1O. The first kappa shape index (κ1) is 25.1. The molecule has 1 amide bonds. The fourth-order valence-corrected chi connectivity index (χ4v) is 4.23. The number of ether oxygens (including phenoxy) is 1. The Kier molecular flexibility index (Phi) is 8.10. The highest BCUT2D eigenvalue weighted by molar-refractivity contribution is 7.86. The quantitative estimate of drug-likeness (QED) is 0.177. The van der Waals surface area contributed by atoms with Crippen LogP contribution in [0.5, 0.6) is 0 Å². The second-order valence-electron chi connectivity index (χ2n) is 7.18. The molecule has 174 valence electrons. The average Bonchev–Trinajstić information content (AvgIpc) is 2.66. The van der Waals surface area contributed by atoms with E-state index in [1.54, 1.807) is 6.07 Å². The number of aliphatic hydroxyl groups excluding tert-OH is 3. The van der Waals surface area contributed by atoms with Gasteiger partial charge in [0.15, 0.2) is 0 Å². The van der Waals surface area contributed by atoms with Crippen LogP contribution in [0, 0.1) is 5.92 Å². The third-order valence-corrected chi connectivity index (χ3v) is 6.00. The molecule has 1 aliphatic rings. The van der Waals surface area contributed by atoms with E-state index in [4.69, 9.17) is 8.92 Å². The molecule has 0 aromatic heterocycles. The van der Waals surface area contributed by atoms with Crippen LogP contribution in [0.15, 0.2) is 35.2 Å². The van der Waals surface area contributed by atoms with Gasteiger partial charge in [-0.2, -0.15) is 8.42 Å². The molecule has 0 radical (unpaired) electrons. The molecule has 31 heavy (non-hydrogen) atoms. The fourth-order valence-electron chi connectivity index (χ4n) is 3.27. The van der Waals surface area contributed by atoms with Crippen LogP contribution in [0.2, 0.25) is 0 Å². The van der Waals surface area contributed by atoms with Gasteiger partial charge in [-0.3, -0.25) is 8.98 Å². The Balaban J connectivity index is 2.14. The van der Waals surface area contributed by atoms with E-state index in [2.05, 4.69) is 5.32 Å². The minimum absolute atomic E-state index is 0.147. The highest BCUT2D eigenvalue weighted by atomic mass is 32.2. The van der Waals surface area contributed by atoms with Gasteiger partial charge >= 0.3 is 5.97 Å². The second-order valence-corrected chi connectivity index (χ2v) is 8.80. The summed E-state index contributed by atoms with van der Waals surface area (Å²) in [5.74, 6) is -6.60. The van der Waals surface area contributed by atoms with Gasteiger partial charge in [-0.25, -0.2) is 4.79 Å². The molecule has 1 heterocycles. The lowest BCUT2D eigenvalue weighted by atomic mass is 9.83. The number of carbonyl (C=O) groups excluding carboxylic acids is 1. The Morgan fingerprint density at radius 3 is 2.45 bits per heavy atom. The van der Waals surface area contributed by atoms with Crippen molar-refractivity contribution >= 4 is 22.0 Å². The maximum atomic E-state index is 12.2. The zero-order valence-electron chi connectivity index (χ0n) is 16.5. The van der Waals surface area contributed by atoms with Gasteiger partial charge in [-0.05, 0) is 12.1 Å². The first-order valence-electron chi connectivity index (χ1n) is 9.25. The molecular weight excluding hydrogens is 438 g/mol. The number of carboxylic acids is 1. The van der Waals surface area contributed by atoms with E-state index in [-0.39, 0.29) is 4.90 Å². The molecule has 13 heteroatoms. The summed E-state index contributed by atoms with van der Waals surface area (Å²) >= 11 is 0. The number of carbonyl (C=O) groups is 2. The number of amides is 1.